The SMILES string of the molecule is O=C(C=C(O)c1cc(F)c(F)cc1F)OC(C(F)(F)F)C(F)(F)F. The Bertz CT molecular complexity index is 647. The van der Waals surface area contributed by atoms with Gasteiger partial charge in [0, 0.05) is 6.07 Å². The number of hydrogen-bond acceptors (Lipinski definition) is 3. The first-order valence-electron chi connectivity index (χ1n) is 5.63. The van der Waals surface area contributed by atoms with Crippen LogP contribution in [-0.4, -0.2) is 29.5 Å². The number of esters is 1. The van der Waals surface area contributed by atoms with E-state index in [1.807, 2.05) is 0 Å². The molecule has 0 fully saturated rings. The van der Waals surface area contributed by atoms with E-state index in [2.05, 4.69) is 4.74 Å². The summed E-state index contributed by atoms with van der Waals surface area (Å²) in [5.74, 6) is -8.90. The molecule has 0 bridgehead atoms. The maximum Gasteiger partial charge on any atom is 0.434 e. The van der Waals surface area contributed by atoms with Crippen molar-refractivity contribution in [3.63, 3.8) is 0 Å². The highest BCUT2D eigenvalue weighted by molar-refractivity contribution is 5.89. The topological polar surface area (TPSA) is 46.5 Å². The summed E-state index contributed by atoms with van der Waals surface area (Å²) < 4.78 is 115. The fourth-order valence-electron chi connectivity index (χ4n) is 1.38. The van der Waals surface area contributed by atoms with E-state index in [4.69, 9.17) is 0 Å². The van der Waals surface area contributed by atoms with Crippen molar-refractivity contribution in [1.82, 2.24) is 0 Å². The molecule has 0 aliphatic carbocycles. The largest absolute Gasteiger partial charge is 0.507 e. The third-order valence-electron chi connectivity index (χ3n) is 2.37. The second-order valence-electron chi connectivity index (χ2n) is 4.18. The Balaban J connectivity index is 3.08. The third-order valence-corrected chi connectivity index (χ3v) is 2.37. The number of benzene rings is 1. The van der Waals surface area contributed by atoms with Gasteiger partial charge in [0.15, 0.2) is 11.6 Å². The molecular formula is C12H5F9O3. The van der Waals surface area contributed by atoms with Crippen molar-refractivity contribution in [1.29, 1.82) is 0 Å². The van der Waals surface area contributed by atoms with Crippen LogP contribution in [0.3, 0.4) is 0 Å². The predicted octanol–water partition coefficient (Wildman–Crippen LogP) is 4.04. The molecule has 24 heavy (non-hydrogen) atoms. The summed E-state index contributed by atoms with van der Waals surface area (Å²) >= 11 is 0. The van der Waals surface area contributed by atoms with Crippen LogP contribution in [0.2, 0.25) is 0 Å². The highest BCUT2D eigenvalue weighted by Crippen LogP contribution is 2.35. The average molecular weight is 368 g/mol. The van der Waals surface area contributed by atoms with Gasteiger partial charge >= 0.3 is 18.3 Å². The monoisotopic (exact) mass is 368 g/mol. The summed E-state index contributed by atoms with van der Waals surface area (Å²) in [6.45, 7) is 0. The lowest BCUT2D eigenvalue weighted by Gasteiger charge is -2.22. The van der Waals surface area contributed by atoms with Crippen molar-refractivity contribution in [2.45, 2.75) is 18.5 Å². The van der Waals surface area contributed by atoms with Crippen LogP contribution in [0.4, 0.5) is 39.5 Å². The molecule has 0 spiro atoms. The zero-order valence-electron chi connectivity index (χ0n) is 11.0. The maximum atomic E-state index is 13.3. The third kappa shape index (κ3) is 4.80. The Labute approximate surface area is 126 Å². The van der Waals surface area contributed by atoms with Gasteiger partial charge in [-0.15, -0.1) is 0 Å². The zero-order chi connectivity index (χ0) is 18.9. The molecule has 1 aromatic rings. The second-order valence-corrected chi connectivity index (χ2v) is 4.18. The Kier molecular flexibility index (Phi) is 5.41. The lowest BCUT2D eigenvalue weighted by Crippen LogP contribution is -2.45. The summed E-state index contributed by atoms with van der Waals surface area (Å²) in [6, 6.07) is -0.0247. The van der Waals surface area contributed by atoms with E-state index >= 15 is 0 Å². The van der Waals surface area contributed by atoms with E-state index < -0.39 is 53.2 Å². The molecule has 0 aliphatic heterocycles. The molecule has 0 aliphatic rings. The lowest BCUT2D eigenvalue weighted by molar-refractivity contribution is -0.312. The maximum absolute atomic E-state index is 13.3. The van der Waals surface area contributed by atoms with E-state index in [9.17, 15) is 49.4 Å². The first-order valence-corrected chi connectivity index (χ1v) is 5.63. The van der Waals surface area contributed by atoms with Crippen LogP contribution in [-0.2, 0) is 9.53 Å². The van der Waals surface area contributed by atoms with Gasteiger partial charge in [0.1, 0.15) is 11.6 Å². The summed E-state index contributed by atoms with van der Waals surface area (Å²) in [6.07, 6.45) is -16.8. The van der Waals surface area contributed by atoms with Gasteiger partial charge in [-0.3, -0.25) is 0 Å². The highest BCUT2D eigenvalue weighted by Gasteiger charge is 2.59. The van der Waals surface area contributed by atoms with Crippen LogP contribution < -0.4 is 0 Å². The Morgan fingerprint density at radius 3 is 1.88 bits per heavy atom. The van der Waals surface area contributed by atoms with E-state index in [-0.39, 0.29) is 18.2 Å². The normalized spacial score (nSPS) is 13.3. The number of alkyl halides is 6. The van der Waals surface area contributed by atoms with E-state index in [0.29, 0.717) is 0 Å². The van der Waals surface area contributed by atoms with Crippen LogP contribution in [0.5, 0.6) is 0 Å². The summed E-state index contributed by atoms with van der Waals surface area (Å²) in [7, 11) is 0. The first kappa shape index (κ1) is 19.6. The second kappa shape index (κ2) is 6.61. The number of carbonyl (C=O) groups excluding carboxylic acids is 1. The molecule has 0 aromatic heterocycles. The summed E-state index contributed by atoms with van der Waals surface area (Å²) in [4.78, 5) is 11.0. The number of ether oxygens (including phenoxy) is 1. The molecule has 0 amide bonds. The first-order chi connectivity index (χ1) is 10.7. The van der Waals surface area contributed by atoms with Crippen LogP contribution >= 0.6 is 0 Å². The molecule has 12 heteroatoms. The van der Waals surface area contributed by atoms with Gasteiger partial charge in [-0.05, 0) is 6.07 Å². The van der Waals surface area contributed by atoms with Crippen LogP contribution in [0.25, 0.3) is 5.76 Å². The van der Waals surface area contributed by atoms with Gasteiger partial charge in [-0.2, -0.15) is 26.3 Å². The highest BCUT2D eigenvalue weighted by atomic mass is 19.4. The Morgan fingerprint density at radius 2 is 1.42 bits per heavy atom. The number of rotatable bonds is 3. The number of aliphatic hydroxyl groups excluding tert-OH is 1. The molecule has 0 heterocycles. The number of carbonyl (C=O) groups is 1. The van der Waals surface area contributed by atoms with Gasteiger partial charge in [0.2, 0.25) is 0 Å². The molecule has 0 unspecified atom stereocenters. The molecule has 3 nitrogen and oxygen atoms in total. The molecular weight excluding hydrogens is 363 g/mol. The molecule has 0 atom stereocenters. The fourth-order valence-corrected chi connectivity index (χ4v) is 1.38. The van der Waals surface area contributed by atoms with Crippen LogP contribution in [0.1, 0.15) is 5.56 Å². The molecule has 0 saturated carbocycles. The number of aliphatic hydroxyl groups is 1. The van der Waals surface area contributed by atoms with Crippen molar-refractivity contribution < 1.29 is 54.2 Å². The Hall–Kier alpha value is -2.40. The summed E-state index contributed by atoms with van der Waals surface area (Å²) in [5.41, 5.74) is -1.18. The van der Waals surface area contributed by atoms with Crippen molar-refractivity contribution in [3.8, 4) is 0 Å². The van der Waals surface area contributed by atoms with Crippen molar-refractivity contribution in [3.05, 3.63) is 41.2 Å². The summed E-state index contributed by atoms with van der Waals surface area (Å²) in [5, 5.41) is 9.27. The number of halogens is 9. The van der Waals surface area contributed by atoms with Gasteiger partial charge in [0.25, 0.3) is 6.10 Å². The van der Waals surface area contributed by atoms with Crippen LogP contribution in [0.15, 0.2) is 18.2 Å². The standard InChI is InChI=1S/C12H5F9O3/c13-5-2-7(15)6(14)1-4(5)8(22)3-9(23)24-10(11(16,17)18)12(19,20)21/h1-3,10,22H. The average Bonchev–Trinajstić information content (AvgIpc) is 2.37. The molecule has 0 radical (unpaired) electrons. The molecule has 1 aromatic carbocycles. The molecule has 134 valence electrons. The van der Waals surface area contributed by atoms with Gasteiger partial charge < -0.3 is 9.84 Å². The quantitative estimate of drug-likeness (QED) is 0.288. The van der Waals surface area contributed by atoms with Gasteiger partial charge in [-0.25, -0.2) is 18.0 Å². The van der Waals surface area contributed by atoms with E-state index in [1.54, 1.807) is 0 Å². The number of hydrogen-bond donors (Lipinski definition) is 1. The zero-order valence-corrected chi connectivity index (χ0v) is 11.0. The van der Waals surface area contributed by atoms with E-state index in [0.717, 1.165) is 0 Å². The smallest absolute Gasteiger partial charge is 0.434 e. The van der Waals surface area contributed by atoms with Gasteiger partial charge in [0.05, 0.1) is 11.6 Å². The van der Waals surface area contributed by atoms with Crippen LogP contribution in [0, 0.1) is 17.5 Å². The van der Waals surface area contributed by atoms with Crippen molar-refractivity contribution >= 4 is 11.7 Å². The minimum absolute atomic E-state index is 0.0365. The minimum atomic E-state index is -6.00. The minimum Gasteiger partial charge on any atom is -0.507 e. The van der Waals surface area contributed by atoms with Crippen molar-refractivity contribution in [2.24, 2.45) is 0 Å². The fraction of sp³-hybridized carbons (Fsp3) is 0.250. The van der Waals surface area contributed by atoms with E-state index in [1.165, 1.54) is 0 Å². The van der Waals surface area contributed by atoms with Gasteiger partial charge in [-0.1, -0.05) is 0 Å². The molecule has 1 rings (SSSR count). The lowest BCUT2D eigenvalue weighted by atomic mass is 10.1. The Morgan fingerprint density at radius 1 is 0.958 bits per heavy atom. The van der Waals surface area contributed by atoms with Crippen molar-refractivity contribution in [2.75, 3.05) is 0 Å². The molecule has 0 saturated heterocycles. The predicted molar refractivity (Wildman–Crippen MR) is 58.9 cm³/mol. The molecule has 1 N–H and O–H groups in total.